The Morgan fingerprint density at radius 2 is 2.00 bits per heavy atom. The van der Waals surface area contributed by atoms with E-state index in [0.717, 1.165) is 5.56 Å². The van der Waals surface area contributed by atoms with E-state index in [4.69, 9.17) is 9.88 Å². The van der Waals surface area contributed by atoms with E-state index in [-0.39, 0.29) is 10.8 Å². The maximum Gasteiger partial charge on any atom is 0.254 e. The number of aryl methyl sites for hydroxylation is 1. The molecule has 1 saturated heterocycles. The number of amides is 1. The van der Waals surface area contributed by atoms with Crippen LogP contribution in [0.3, 0.4) is 0 Å². The van der Waals surface area contributed by atoms with Gasteiger partial charge in [0.2, 0.25) is 10.0 Å². The van der Waals surface area contributed by atoms with Gasteiger partial charge in [-0.15, -0.1) is 0 Å². The smallest absolute Gasteiger partial charge is 0.254 e. The average molecular weight is 298 g/mol. The Kier molecular flexibility index (Phi) is 4.42. The lowest BCUT2D eigenvalue weighted by Gasteiger charge is -2.27. The van der Waals surface area contributed by atoms with Crippen LogP contribution in [-0.4, -0.2) is 45.5 Å². The summed E-state index contributed by atoms with van der Waals surface area (Å²) in [5, 5.41) is 5.12. The zero-order valence-corrected chi connectivity index (χ0v) is 12.1. The highest BCUT2D eigenvalue weighted by atomic mass is 32.2. The molecule has 0 bridgehead atoms. The van der Waals surface area contributed by atoms with Gasteiger partial charge in [0.25, 0.3) is 5.91 Å². The van der Waals surface area contributed by atoms with Crippen LogP contribution in [0.15, 0.2) is 23.1 Å². The predicted octanol–water partition coefficient (Wildman–Crippen LogP) is 0.369. The summed E-state index contributed by atoms with van der Waals surface area (Å²) in [5.41, 5.74) is 1.22. The number of benzene rings is 1. The van der Waals surface area contributed by atoms with Gasteiger partial charge in [-0.2, -0.15) is 0 Å². The summed E-state index contributed by atoms with van der Waals surface area (Å²) in [6, 6.07) is 4.45. The van der Waals surface area contributed by atoms with Crippen molar-refractivity contribution in [2.45, 2.75) is 18.2 Å². The van der Waals surface area contributed by atoms with Gasteiger partial charge < -0.3 is 9.64 Å². The van der Waals surface area contributed by atoms with Gasteiger partial charge in [0, 0.05) is 18.7 Å². The number of sulfonamides is 1. The summed E-state index contributed by atoms with van der Waals surface area (Å²) < 4.78 is 28.0. The number of nitrogens with zero attached hydrogens (tertiary/aromatic N) is 1. The first-order chi connectivity index (χ1) is 9.43. The zero-order valence-electron chi connectivity index (χ0n) is 11.3. The maximum absolute atomic E-state index is 12.5. The Labute approximate surface area is 118 Å². The van der Waals surface area contributed by atoms with E-state index in [1.54, 1.807) is 11.0 Å². The summed E-state index contributed by atoms with van der Waals surface area (Å²) in [6.45, 7) is 3.95. The quantitative estimate of drug-likeness (QED) is 0.873. The van der Waals surface area contributed by atoms with Crippen LogP contribution in [0.5, 0.6) is 0 Å². The zero-order chi connectivity index (χ0) is 14.8. The minimum atomic E-state index is -3.81. The standard InChI is InChI=1S/C13H18N2O4S/c1-2-10-3-4-11(20(14,17)18)9-12(10)13(16)15-5-7-19-8-6-15/h3-4,9H,2,5-8H2,1H3,(H2,14,17,18). The number of carbonyl (C=O) groups is 1. The number of nitrogens with two attached hydrogens (primary N) is 1. The molecule has 1 aliphatic heterocycles. The lowest BCUT2D eigenvalue weighted by molar-refractivity contribution is 0.0302. The fourth-order valence-corrected chi connectivity index (χ4v) is 2.72. The number of hydrogen-bond acceptors (Lipinski definition) is 4. The number of carbonyl (C=O) groups excluding carboxylic acids is 1. The van der Waals surface area contributed by atoms with Crippen LogP contribution in [0.25, 0.3) is 0 Å². The van der Waals surface area contributed by atoms with Crippen molar-refractivity contribution in [3.05, 3.63) is 29.3 Å². The molecule has 0 radical (unpaired) electrons. The van der Waals surface area contributed by atoms with Crippen LogP contribution in [-0.2, 0) is 21.2 Å². The lowest BCUT2D eigenvalue weighted by Crippen LogP contribution is -2.41. The molecule has 6 nitrogen and oxygen atoms in total. The molecule has 1 heterocycles. The molecule has 1 fully saturated rings. The first-order valence-electron chi connectivity index (χ1n) is 6.46. The third-order valence-corrected chi connectivity index (χ3v) is 4.23. The minimum absolute atomic E-state index is 0.0358. The van der Waals surface area contributed by atoms with Crippen molar-refractivity contribution in [3.63, 3.8) is 0 Å². The summed E-state index contributed by atoms with van der Waals surface area (Å²) >= 11 is 0. The second kappa shape index (κ2) is 5.90. The normalized spacial score (nSPS) is 16.2. The summed E-state index contributed by atoms with van der Waals surface area (Å²) in [5.74, 6) is -0.171. The second-order valence-electron chi connectivity index (χ2n) is 4.62. The van der Waals surface area contributed by atoms with E-state index in [1.165, 1.54) is 12.1 Å². The molecule has 0 unspecified atom stereocenters. The van der Waals surface area contributed by atoms with Crippen LogP contribution in [0.1, 0.15) is 22.8 Å². The van der Waals surface area contributed by atoms with Crippen molar-refractivity contribution >= 4 is 15.9 Å². The molecule has 1 aromatic rings. The van der Waals surface area contributed by atoms with E-state index in [9.17, 15) is 13.2 Å². The molecule has 7 heteroatoms. The molecule has 2 rings (SSSR count). The predicted molar refractivity (Wildman–Crippen MR) is 73.9 cm³/mol. The first-order valence-corrected chi connectivity index (χ1v) is 8.01. The number of ether oxygens (including phenoxy) is 1. The molecule has 20 heavy (non-hydrogen) atoms. The molecule has 1 amide bonds. The van der Waals surface area contributed by atoms with Gasteiger partial charge in [-0.25, -0.2) is 13.6 Å². The summed E-state index contributed by atoms with van der Waals surface area (Å²) in [7, 11) is -3.81. The largest absolute Gasteiger partial charge is 0.378 e. The Morgan fingerprint density at radius 3 is 2.55 bits per heavy atom. The number of rotatable bonds is 3. The van der Waals surface area contributed by atoms with Gasteiger partial charge in [0.05, 0.1) is 18.1 Å². The third-order valence-electron chi connectivity index (χ3n) is 3.32. The molecule has 1 aliphatic rings. The van der Waals surface area contributed by atoms with Crippen LogP contribution >= 0.6 is 0 Å². The Bertz CT molecular complexity index is 607. The van der Waals surface area contributed by atoms with Crippen molar-refractivity contribution in [2.75, 3.05) is 26.3 Å². The van der Waals surface area contributed by atoms with Crippen molar-refractivity contribution < 1.29 is 17.9 Å². The Morgan fingerprint density at radius 1 is 1.35 bits per heavy atom. The van der Waals surface area contributed by atoms with E-state index < -0.39 is 10.0 Å². The molecular formula is C13H18N2O4S. The molecule has 1 aromatic carbocycles. The summed E-state index contributed by atoms with van der Waals surface area (Å²) in [6.07, 6.45) is 0.649. The van der Waals surface area contributed by atoms with Crippen LogP contribution in [0.2, 0.25) is 0 Å². The highest BCUT2D eigenvalue weighted by Gasteiger charge is 2.22. The van der Waals surface area contributed by atoms with Gasteiger partial charge in [0.1, 0.15) is 0 Å². The van der Waals surface area contributed by atoms with Crippen molar-refractivity contribution in [3.8, 4) is 0 Å². The average Bonchev–Trinajstić information content (AvgIpc) is 2.45. The van der Waals surface area contributed by atoms with Gasteiger partial charge in [-0.1, -0.05) is 13.0 Å². The Hall–Kier alpha value is -1.44. The Balaban J connectivity index is 2.39. The second-order valence-corrected chi connectivity index (χ2v) is 6.18. The van der Waals surface area contributed by atoms with Crippen LogP contribution < -0.4 is 5.14 Å². The van der Waals surface area contributed by atoms with E-state index in [2.05, 4.69) is 0 Å². The van der Waals surface area contributed by atoms with E-state index >= 15 is 0 Å². The third kappa shape index (κ3) is 3.17. The SMILES string of the molecule is CCc1ccc(S(N)(=O)=O)cc1C(=O)N1CCOCC1. The number of morpholine rings is 1. The molecular weight excluding hydrogens is 280 g/mol. The summed E-state index contributed by atoms with van der Waals surface area (Å²) in [4.78, 5) is 14.1. The molecule has 2 N–H and O–H groups in total. The van der Waals surface area contributed by atoms with E-state index in [0.29, 0.717) is 38.3 Å². The monoisotopic (exact) mass is 298 g/mol. The maximum atomic E-state index is 12.5. The van der Waals surface area contributed by atoms with Crippen LogP contribution in [0, 0.1) is 0 Å². The molecule has 0 aromatic heterocycles. The molecule has 110 valence electrons. The van der Waals surface area contributed by atoms with E-state index in [1.807, 2.05) is 6.92 Å². The topological polar surface area (TPSA) is 89.7 Å². The number of primary sulfonamides is 1. The van der Waals surface area contributed by atoms with Crippen molar-refractivity contribution in [2.24, 2.45) is 5.14 Å². The molecule has 0 saturated carbocycles. The van der Waals surface area contributed by atoms with Gasteiger partial charge in [-0.3, -0.25) is 4.79 Å². The van der Waals surface area contributed by atoms with Gasteiger partial charge in [0.15, 0.2) is 0 Å². The number of hydrogen-bond donors (Lipinski definition) is 1. The fraction of sp³-hybridized carbons (Fsp3) is 0.462. The van der Waals surface area contributed by atoms with Gasteiger partial charge in [-0.05, 0) is 24.1 Å². The molecule has 0 aliphatic carbocycles. The van der Waals surface area contributed by atoms with Gasteiger partial charge >= 0.3 is 0 Å². The van der Waals surface area contributed by atoms with Crippen molar-refractivity contribution in [1.29, 1.82) is 0 Å². The highest BCUT2D eigenvalue weighted by Crippen LogP contribution is 2.18. The fourth-order valence-electron chi connectivity index (χ4n) is 2.18. The minimum Gasteiger partial charge on any atom is -0.378 e. The van der Waals surface area contributed by atoms with Crippen LogP contribution in [0.4, 0.5) is 0 Å². The first kappa shape index (κ1) is 15.0. The molecule has 0 spiro atoms. The molecule has 0 atom stereocenters. The lowest BCUT2D eigenvalue weighted by atomic mass is 10.0. The highest BCUT2D eigenvalue weighted by molar-refractivity contribution is 7.89. The van der Waals surface area contributed by atoms with Crippen molar-refractivity contribution in [1.82, 2.24) is 4.90 Å².